The van der Waals surface area contributed by atoms with Crippen LogP contribution in [0.25, 0.3) is 0 Å². The number of halogens is 1. The molecule has 0 saturated heterocycles. The molecule has 0 spiro atoms. The molecule has 0 aromatic heterocycles. The van der Waals surface area contributed by atoms with E-state index in [1.54, 1.807) is 6.21 Å². The van der Waals surface area contributed by atoms with Crippen LogP contribution in [0.4, 0.5) is 0 Å². The quantitative estimate of drug-likeness (QED) is 0.466. The molecule has 0 unspecified atom stereocenters. The number of benzene rings is 1. The second kappa shape index (κ2) is 5.53. The van der Waals surface area contributed by atoms with Crippen molar-refractivity contribution in [3.8, 4) is 0 Å². The van der Waals surface area contributed by atoms with E-state index in [2.05, 4.69) is 4.99 Å². The summed E-state index contributed by atoms with van der Waals surface area (Å²) in [5, 5.41) is 0. The molecule has 1 aliphatic carbocycles. The highest BCUT2D eigenvalue weighted by Gasteiger charge is 2.60. The van der Waals surface area contributed by atoms with E-state index in [9.17, 15) is 4.79 Å². The van der Waals surface area contributed by atoms with Crippen LogP contribution in [0.1, 0.15) is 18.4 Å². The lowest BCUT2D eigenvalue weighted by Gasteiger charge is -2.09. The molecule has 0 heterocycles. The molecule has 96 valence electrons. The van der Waals surface area contributed by atoms with Gasteiger partial charge in [-0.05, 0) is 24.3 Å². The zero-order valence-electron chi connectivity index (χ0n) is 10.3. The van der Waals surface area contributed by atoms with Crippen LogP contribution in [0.15, 0.2) is 35.3 Å². The Kier molecular flexibility index (Phi) is 4.02. The van der Waals surface area contributed by atoms with Crippen LogP contribution in [0, 0.1) is 5.92 Å². The van der Waals surface area contributed by atoms with Gasteiger partial charge in [-0.1, -0.05) is 30.3 Å². The predicted octanol–water partition coefficient (Wildman–Crippen LogP) is 2.67. The summed E-state index contributed by atoms with van der Waals surface area (Å²) < 4.78 is 4.85. The Balaban J connectivity index is 2.13. The van der Waals surface area contributed by atoms with Crippen molar-refractivity contribution in [3.63, 3.8) is 0 Å². The molecule has 4 heteroatoms. The second-order valence-corrected chi connectivity index (χ2v) is 4.84. The van der Waals surface area contributed by atoms with Gasteiger partial charge < -0.3 is 4.74 Å². The van der Waals surface area contributed by atoms with Gasteiger partial charge in [0.05, 0.1) is 7.11 Å². The van der Waals surface area contributed by atoms with Gasteiger partial charge in [0.2, 0.25) is 0 Å². The maximum atomic E-state index is 11.8. The van der Waals surface area contributed by atoms with E-state index < -0.39 is 5.54 Å². The van der Waals surface area contributed by atoms with E-state index in [0.717, 1.165) is 18.4 Å². The monoisotopic (exact) mass is 265 g/mol. The standard InChI is InChI=1S/C14H16ClNO2/c1-18-13(17)14(9-12(14)7-8-15)16-10-11-5-3-2-4-6-11/h2-6,10,12H,7-9H2,1H3/t12-,14+/m1/s1. The molecule has 18 heavy (non-hydrogen) atoms. The number of alkyl halides is 1. The minimum absolute atomic E-state index is 0.211. The summed E-state index contributed by atoms with van der Waals surface area (Å²) in [6.07, 6.45) is 3.27. The molecule has 1 fully saturated rings. The molecular weight excluding hydrogens is 250 g/mol. The van der Waals surface area contributed by atoms with Crippen LogP contribution in [0.2, 0.25) is 0 Å². The Morgan fingerprint density at radius 3 is 2.89 bits per heavy atom. The Morgan fingerprint density at radius 2 is 2.28 bits per heavy atom. The normalized spacial score (nSPS) is 26.2. The molecule has 2 rings (SSSR count). The lowest BCUT2D eigenvalue weighted by Crippen LogP contribution is -2.25. The molecule has 2 atom stereocenters. The van der Waals surface area contributed by atoms with Crippen LogP contribution < -0.4 is 0 Å². The maximum Gasteiger partial charge on any atom is 0.334 e. The van der Waals surface area contributed by atoms with Crippen LogP contribution >= 0.6 is 11.6 Å². The molecule has 0 aliphatic heterocycles. The van der Waals surface area contributed by atoms with Crippen LogP contribution in [0.3, 0.4) is 0 Å². The Labute approximate surface area is 112 Å². The Bertz CT molecular complexity index is 446. The number of rotatable bonds is 5. The van der Waals surface area contributed by atoms with Crippen LogP contribution in [-0.2, 0) is 9.53 Å². The van der Waals surface area contributed by atoms with E-state index in [4.69, 9.17) is 16.3 Å². The molecular formula is C14H16ClNO2. The van der Waals surface area contributed by atoms with Gasteiger partial charge >= 0.3 is 5.97 Å². The highest BCUT2D eigenvalue weighted by molar-refractivity contribution is 6.17. The van der Waals surface area contributed by atoms with Crippen molar-refractivity contribution >= 4 is 23.8 Å². The summed E-state index contributed by atoms with van der Waals surface area (Å²) in [7, 11) is 1.40. The largest absolute Gasteiger partial charge is 0.467 e. The summed E-state index contributed by atoms with van der Waals surface area (Å²) in [6, 6.07) is 9.73. The van der Waals surface area contributed by atoms with E-state index in [1.165, 1.54) is 7.11 Å². The lowest BCUT2D eigenvalue weighted by atomic mass is 10.1. The zero-order chi connectivity index (χ0) is 13.0. The third kappa shape index (κ3) is 2.56. The number of esters is 1. The molecule has 0 amide bonds. The average molecular weight is 266 g/mol. The van der Waals surface area contributed by atoms with Crippen LogP contribution in [-0.4, -0.2) is 30.7 Å². The summed E-state index contributed by atoms with van der Waals surface area (Å²) in [5.74, 6) is 0.497. The number of nitrogens with zero attached hydrogens (tertiary/aromatic N) is 1. The number of ether oxygens (including phenoxy) is 1. The molecule has 1 aromatic rings. The Morgan fingerprint density at radius 1 is 1.56 bits per heavy atom. The van der Waals surface area contributed by atoms with Crippen LogP contribution in [0.5, 0.6) is 0 Å². The van der Waals surface area contributed by atoms with E-state index >= 15 is 0 Å². The summed E-state index contributed by atoms with van der Waals surface area (Å²) in [5.41, 5.74) is 0.289. The molecule has 1 aromatic carbocycles. The van der Waals surface area contributed by atoms with Crippen molar-refractivity contribution in [2.45, 2.75) is 18.4 Å². The SMILES string of the molecule is COC(=O)[C@]1(N=Cc2ccccc2)C[C@H]1CCCl. The number of carbonyl (C=O) groups is 1. The van der Waals surface area contributed by atoms with Crippen molar-refractivity contribution in [1.82, 2.24) is 0 Å². The van der Waals surface area contributed by atoms with Gasteiger partial charge in [-0.3, -0.25) is 4.99 Å². The van der Waals surface area contributed by atoms with E-state index in [0.29, 0.717) is 5.88 Å². The van der Waals surface area contributed by atoms with Crippen molar-refractivity contribution < 1.29 is 9.53 Å². The topological polar surface area (TPSA) is 38.7 Å². The first-order chi connectivity index (χ1) is 8.73. The Hall–Kier alpha value is -1.35. The fraction of sp³-hybridized carbons (Fsp3) is 0.429. The third-order valence-electron chi connectivity index (χ3n) is 3.31. The van der Waals surface area contributed by atoms with Gasteiger partial charge in [-0.15, -0.1) is 11.6 Å². The van der Waals surface area contributed by atoms with Gasteiger partial charge in [-0.25, -0.2) is 4.79 Å². The zero-order valence-corrected chi connectivity index (χ0v) is 11.1. The van der Waals surface area contributed by atoms with E-state index in [-0.39, 0.29) is 11.9 Å². The van der Waals surface area contributed by atoms with Crippen molar-refractivity contribution in [1.29, 1.82) is 0 Å². The number of hydrogen-bond donors (Lipinski definition) is 0. The van der Waals surface area contributed by atoms with Gasteiger partial charge in [0.15, 0.2) is 5.54 Å². The minimum atomic E-state index is -0.695. The van der Waals surface area contributed by atoms with Crippen molar-refractivity contribution in [2.75, 3.05) is 13.0 Å². The van der Waals surface area contributed by atoms with Gasteiger partial charge in [0.1, 0.15) is 0 Å². The van der Waals surface area contributed by atoms with Crippen molar-refractivity contribution in [2.24, 2.45) is 10.9 Å². The first kappa shape index (κ1) is 13.1. The van der Waals surface area contributed by atoms with Gasteiger partial charge in [0.25, 0.3) is 0 Å². The number of aliphatic imine (C=N–C) groups is 1. The van der Waals surface area contributed by atoms with Gasteiger partial charge in [-0.2, -0.15) is 0 Å². The number of methoxy groups -OCH3 is 1. The fourth-order valence-corrected chi connectivity index (χ4v) is 2.42. The first-order valence-electron chi connectivity index (χ1n) is 5.97. The highest BCUT2D eigenvalue weighted by Crippen LogP contribution is 2.50. The third-order valence-corrected chi connectivity index (χ3v) is 3.53. The van der Waals surface area contributed by atoms with Gasteiger partial charge in [0, 0.05) is 12.1 Å². The number of carbonyl (C=O) groups excluding carboxylic acids is 1. The minimum Gasteiger partial charge on any atom is -0.467 e. The molecule has 0 N–H and O–H groups in total. The molecule has 0 radical (unpaired) electrons. The lowest BCUT2D eigenvalue weighted by molar-refractivity contribution is -0.143. The summed E-state index contributed by atoms with van der Waals surface area (Å²) in [6.45, 7) is 0. The molecule has 1 saturated carbocycles. The summed E-state index contributed by atoms with van der Waals surface area (Å²) >= 11 is 5.72. The summed E-state index contributed by atoms with van der Waals surface area (Å²) in [4.78, 5) is 16.3. The van der Waals surface area contributed by atoms with E-state index in [1.807, 2.05) is 30.3 Å². The highest BCUT2D eigenvalue weighted by atomic mass is 35.5. The van der Waals surface area contributed by atoms with Crippen molar-refractivity contribution in [3.05, 3.63) is 35.9 Å². The smallest absolute Gasteiger partial charge is 0.334 e. The first-order valence-corrected chi connectivity index (χ1v) is 6.51. The molecule has 0 bridgehead atoms. The maximum absolute atomic E-state index is 11.8. The average Bonchev–Trinajstić information content (AvgIpc) is 3.12. The second-order valence-electron chi connectivity index (χ2n) is 4.46. The molecule has 1 aliphatic rings. The predicted molar refractivity (Wildman–Crippen MR) is 72.2 cm³/mol. The fourth-order valence-electron chi connectivity index (χ4n) is 2.16. The number of hydrogen-bond acceptors (Lipinski definition) is 3. The molecule has 3 nitrogen and oxygen atoms in total.